The zero-order valence-electron chi connectivity index (χ0n) is 19.4. The number of aliphatic hydroxyl groups excluding tert-OH is 2. The third kappa shape index (κ3) is 35.6. The molecule has 0 aromatic rings. The second kappa shape index (κ2) is 32.4. The SMILES string of the molecule is CCCCCCCCOCCCCCCC.OCCOCCOCCOCCO. The van der Waals surface area contributed by atoms with E-state index >= 15 is 0 Å². The molecule has 0 spiro atoms. The molecule has 0 atom stereocenters. The van der Waals surface area contributed by atoms with Crippen LogP contribution in [-0.4, -0.2) is 76.3 Å². The molecule has 178 valence electrons. The second-order valence-corrected chi connectivity index (χ2v) is 7.08. The topological polar surface area (TPSA) is 77.4 Å². The van der Waals surface area contributed by atoms with Gasteiger partial charge in [0.1, 0.15) is 0 Å². The minimum atomic E-state index is 0.0413. The van der Waals surface area contributed by atoms with E-state index in [1.54, 1.807) is 0 Å². The van der Waals surface area contributed by atoms with Crippen LogP contribution in [0.4, 0.5) is 0 Å². The summed E-state index contributed by atoms with van der Waals surface area (Å²) in [7, 11) is 0. The zero-order chi connectivity index (χ0) is 21.7. The molecule has 0 aromatic carbocycles. The van der Waals surface area contributed by atoms with Crippen LogP contribution >= 0.6 is 0 Å². The van der Waals surface area contributed by atoms with E-state index < -0.39 is 0 Å². The van der Waals surface area contributed by atoms with Crippen LogP contribution < -0.4 is 0 Å². The van der Waals surface area contributed by atoms with Crippen molar-refractivity contribution in [3.05, 3.63) is 0 Å². The first-order valence-corrected chi connectivity index (χ1v) is 11.9. The Morgan fingerprint density at radius 2 is 0.690 bits per heavy atom. The average Bonchev–Trinajstić information content (AvgIpc) is 2.74. The molecule has 0 radical (unpaired) electrons. The van der Waals surface area contributed by atoms with Gasteiger partial charge in [-0.05, 0) is 12.8 Å². The maximum absolute atomic E-state index is 8.36. The third-order valence-corrected chi connectivity index (χ3v) is 4.25. The van der Waals surface area contributed by atoms with Gasteiger partial charge in [0.15, 0.2) is 0 Å². The lowest BCUT2D eigenvalue weighted by atomic mass is 10.1. The van der Waals surface area contributed by atoms with Crippen molar-refractivity contribution in [3.8, 4) is 0 Å². The second-order valence-electron chi connectivity index (χ2n) is 7.08. The van der Waals surface area contributed by atoms with Crippen molar-refractivity contribution >= 4 is 0 Å². The van der Waals surface area contributed by atoms with Crippen molar-refractivity contribution in [1.82, 2.24) is 0 Å². The molecular weight excluding hydrogens is 372 g/mol. The van der Waals surface area contributed by atoms with Gasteiger partial charge < -0.3 is 29.2 Å². The molecule has 2 N–H and O–H groups in total. The molecule has 0 amide bonds. The van der Waals surface area contributed by atoms with Gasteiger partial charge >= 0.3 is 0 Å². The van der Waals surface area contributed by atoms with Crippen molar-refractivity contribution in [2.24, 2.45) is 0 Å². The Labute approximate surface area is 180 Å². The quantitative estimate of drug-likeness (QED) is 0.238. The fraction of sp³-hybridized carbons (Fsp3) is 1.00. The molecule has 0 aliphatic rings. The van der Waals surface area contributed by atoms with Crippen molar-refractivity contribution in [1.29, 1.82) is 0 Å². The predicted molar refractivity (Wildman–Crippen MR) is 120 cm³/mol. The van der Waals surface area contributed by atoms with Gasteiger partial charge in [-0.2, -0.15) is 0 Å². The van der Waals surface area contributed by atoms with Gasteiger partial charge in [0.05, 0.1) is 52.9 Å². The molecule has 0 saturated carbocycles. The summed E-state index contributed by atoms with van der Waals surface area (Å²) in [5, 5.41) is 16.7. The molecule has 6 nitrogen and oxygen atoms in total. The van der Waals surface area contributed by atoms with Crippen molar-refractivity contribution in [2.45, 2.75) is 84.5 Å². The summed E-state index contributed by atoms with van der Waals surface area (Å²) in [5.74, 6) is 0. The normalized spacial score (nSPS) is 10.8. The van der Waals surface area contributed by atoms with Crippen LogP contribution in [0.25, 0.3) is 0 Å². The fourth-order valence-electron chi connectivity index (χ4n) is 2.57. The van der Waals surface area contributed by atoms with Crippen molar-refractivity contribution in [3.63, 3.8) is 0 Å². The van der Waals surface area contributed by atoms with E-state index in [-0.39, 0.29) is 13.2 Å². The Morgan fingerprint density at radius 1 is 0.379 bits per heavy atom. The standard InChI is InChI=1S/C15H32O.C8H18O5/c1-3-5-7-9-11-13-15-16-14-12-10-8-6-4-2;9-1-3-11-5-7-13-8-6-12-4-2-10/h3-15H2,1-2H3;9-10H,1-8H2. The van der Waals surface area contributed by atoms with E-state index in [9.17, 15) is 0 Å². The molecule has 0 aliphatic carbocycles. The van der Waals surface area contributed by atoms with Crippen LogP contribution in [0, 0.1) is 0 Å². The van der Waals surface area contributed by atoms with Gasteiger partial charge in [0.2, 0.25) is 0 Å². The summed E-state index contributed by atoms with van der Waals surface area (Å²) in [4.78, 5) is 0. The van der Waals surface area contributed by atoms with Gasteiger partial charge in [0, 0.05) is 13.2 Å². The summed E-state index contributed by atoms with van der Waals surface area (Å²) >= 11 is 0. The van der Waals surface area contributed by atoms with Gasteiger partial charge in [-0.15, -0.1) is 0 Å². The molecule has 0 unspecified atom stereocenters. The molecular formula is C23H50O6. The number of hydrogen-bond donors (Lipinski definition) is 2. The summed E-state index contributed by atoms with van der Waals surface area (Å²) in [5.41, 5.74) is 0. The first-order valence-electron chi connectivity index (χ1n) is 11.9. The van der Waals surface area contributed by atoms with Gasteiger partial charge in [0.25, 0.3) is 0 Å². The smallest absolute Gasteiger partial charge is 0.0701 e. The number of aliphatic hydroxyl groups is 2. The van der Waals surface area contributed by atoms with Crippen LogP contribution in [0.15, 0.2) is 0 Å². The highest BCUT2D eigenvalue weighted by Gasteiger charge is 1.92. The Hall–Kier alpha value is -0.240. The van der Waals surface area contributed by atoms with Crippen molar-refractivity contribution in [2.75, 3.05) is 66.1 Å². The van der Waals surface area contributed by atoms with Crippen LogP contribution in [0.2, 0.25) is 0 Å². The molecule has 6 heteroatoms. The first-order chi connectivity index (χ1) is 14.3. The van der Waals surface area contributed by atoms with E-state index in [0.717, 1.165) is 13.2 Å². The molecule has 0 aliphatic heterocycles. The molecule has 0 aromatic heterocycles. The maximum Gasteiger partial charge on any atom is 0.0701 e. The lowest BCUT2D eigenvalue weighted by Gasteiger charge is -2.04. The largest absolute Gasteiger partial charge is 0.394 e. The summed E-state index contributed by atoms with van der Waals surface area (Å²) < 4.78 is 20.6. The highest BCUT2D eigenvalue weighted by atomic mass is 16.5. The summed E-state index contributed by atoms with van der Waals surface area (Å²) in [6, 6.07) is 0. The van der Waals surface area contributed by atoms with E-state index in [0.29, 0.717) is 39.6 Å². The van der Waals surface area contributed by atoms with Crippen LogP contribution in [-0.2, 0) is 18.9 Å². The van der Waals surface area contributed by atoms with Crippen LogP contribution in [0.5, 0.6) is 0 Å². The number of ether oxygens (including phenoxy) is 4. The fourth-order valence-corrected chi connectivity index (χ4v) is 2.57. The number of unbranched alkanes of at least 4 members (excludes halogenated alkanes) is 9. The van der Waals surface area contributed by atoms with E-state index in [1.807, 2.05) is 0 Å². The zero-order valence-corrected chi connectivity index (χ0v) is 19.4. The highest BCUT2D eigenvalue weighted by Crippen LogP contribution is 2.06. The Kier molecular flexibility index (Phi) is 34.6. The van der Waals surface area contributed by atoms with Gasteiger partial charge in [-0.25, -0.2) is 0 Å². The van der Waals surface area contributed by atoms with Crippen molar-refractivity contribution < 1.29 is 29.2 Å². The molecule has 0 rings (SSSR count). The summed E-state index contributed by atoms with van der Waals surface area (Å²) in [6.07, 6.45) is 14.9. The molecule has 29 heavy (non-hydrogen) atoms. The van der Waals surface area contributed by atoms with E-state index in [1.165, 1.54) is 70.6 Å². The Morgan fingerprint density at radius 3 is 1.07 bits per heavy atom. The van der Waals surface area contributed by atoms with Gasteiger partial charge in [-0.1, -0.05) is 71.6 Å². The minimum absolute atomic E-state index is 0.0413. The summed E-state index contributed by atoms with van der Waals surface area (Å²) in [6.45, 7) is 9.26. The molecule has 0 bridgehead atoms. The highest BCUT2D eigenvalue weighted by molar-refractivity contribution is 4.45. The predicted octanol–water partition coefficient (Wildman–Crippen LogP) is 4.35. The van der Waals surface area contributed by atoms with Gasteiger partial charge in [-0.3, -0.25) is 0 Å². The molecule has 0 fully saturated rings. The molecule has 0 saturated heterocycles. The van der Waals surface area contributed by atoms with Crippen LogP contribution in [0.3, 0.4) is 0 Å². The Balaban J connectivity index is 0. The minimum Gasteiger partial charge on any atom is -0.394 e. The van der Waals surface area contributed by atoms with E-state index in [2.05, 4.69) is 13.8 Å². The van der Waals surface area contributed by atoms with Crippen LogP contribution in [0.1, 0.15) is 84.5 Å². The lowest BCUT2D eigenvalue weighted by molar-refractivity contribution is 0.00230. The Bertz CT molecular complexity index is 230. The number of hydrogen-bond acceptors (Lipinski definition) is 6. The van der Waals surface area contributed by atoms with E-state index in [4.69, 9.17) is 29.2 Å². The monoisotopic (exact) mass is 422 g/mol. The first kappa shape index (κ1) is 30.9. The lowest BCUT2D eigenvalue weighted by Crippen LogP contribution is -2.11. The number of rotatable bonds is 23. The third-order valence-electron chi connectivity index (χ3n) is 4.25. The average molecular weight is 423 g/mol. The maximum atomic E-state index is 8.36. The molecule has 0 heterocycles.